The van der Waals surface area contributed by atoms with Gasteiger partial charge in [-0.2, -0.15) is 0 Å². The lowest BCUT2D eigenvalue weighted by atomic mass is 10.2. The molecule has 1 aromatic carbocycles. The predicted molar refractivity (Wildman–Crippen MR) is 90.8 cm³/mol. The summed E-state index contributed by atoms with van der Waals surface area (Å²) in [5, 5.41) is 0. The Balaban J connectivity index is 1.53. The molecule has 0 radical (unpaired) electrons. The number of carbonyl (C=O) groups excluding carboxylic acids is 2. The lowest BCUT2D eigenvalue weighted by Crippen LogP contribution is -2.46. The minimum atomic E-state index is -0.404. The first-order chi connectivity index (χ1) is 12.1. The molecule has 2 amide bonds. The summed E-state index contributed by atoms with van der Waals surface area (Å²) in [6.07, 6.45) is 0.803. The lowest BCUT2D eigenvalue weighted by molar-refractivity contribution is -0.136. The number of benzene rings is 1. The van der Waals surface area contributed by atoms with Crippen molar-refractivity contribution in [1.82, 2.24) is 14.7 Å². The van der Waals surface area contributed by atoms with Gasteiger partial charge >= 0.3 is 0 Å². The zero-order valence-electron chi connectivity index (χ0n) is 14.3. The van der Waals surface area contributed by atoms with E-state index < -0.39 is 5.82 Å². The van der Waals surface area contributed by atoms with Crippen molar-refractivity contribution in [3.05, 3.63) is 35.6 Å². The summed E-state index contributed by atoms with van der Waals surface area (Å²) >= 11 is 0. The van der Waals surface area contributed by atoms with E-state index in [1.807, 2.05) is 4.90 Å². The number of hydrogen-bond acceptors (Lipinski definition) is 4. The van der Waals surface area contributed by atoms with E-state index in [1.54, 1.807) is 17.0 Å². The summed E-state index contributed by atoms with van der Waals surface area (Å²) in [6, 6.07) is 5.79. The molecule has 6 nitrogen and oxygen atoms in total. The van der Waals surface area contributed by atoms with E-state index in [-0.39, 0.29) is 11.8 Å². The zero-order valence-corrected chi connectivity index (χ0v) is 14.3. The molecule has 2 fully saturated rings. The summed E-state index contributed by atoms with van der Waals surface area (Å²) < 4.78 is 18.6. The monoisotopic (exact) mass is 349 g/mol. The van der Waals surface area contributed by atoms with Crippen LogP contribution in [0.5, 0.6) is 0 Å². The summed E-state index contributed by atoms with van der Waals surface area (Å²) in [7, 11) is 0. The molecule has 25 heavy (non-hydrogen) atoms. The molecule has 2 saturated heterocycles. The minimum Gasteiger partial charge on any atom is -0.378 e. The van der Waals surface area contributed by atoms with Crippen LogP contribution in [-0.4, -0.2) is 85.5 Å². The third-order valence-corrected chi connectivity index (χ3v) is 4.67. The molecule has 136 valence electrons. The van der Waals surface area contributed by atoms with Crippen molar-refractivity contribution >= 4 is 11.8 Å². The topological polar surface area (TPSA) is 53.1 Å². The molecule has 0 spiro atoms. The van der Waals surface area contributed by atoms with Gasteiger partial charge in [0.25, 0.3) is 5.91 Å². The predicted octanol–water partition coefficient (Wildman–Crippen LogP) is 0.832. The molecule has 0 bridgehead atoms. The van der Waals surface area contributed by atoms with E-state index in [4.69, 9.17) is 4.74 Å². The SMILES string of the molecule is O=C(CN1CCCN(C(=O)c2cccc(F)c2)CC1)N1CCOCC1. The number of ether oxygens (including phenoxy) is 1. The highest BCUT2D eigenvalue weighted by Gasteiger charge is 2.24. The Morgan fingerprint density at radius 1 is 1.00 bits per heavy atom. The summed E-state index contributed by atoms with van der Waals surface area (Å²) in [6.45, 7) is 5.47. The van der Waals surface area contributed by atoms with Crippen LogP contribution in [0.1, 0.15) is 16.8 Å². The van der Waals surface area contributed by atoms with Crippen LogP contribution < -0.4 is 0 Å². The lowest BCUT2D eigenvalue weighted by Gasteiger charge is -2.29. The second kappa shape index (κ2) is 8.40. The molecule has 0 atom stereocenters. The molecule has 0 aliphatic carbocycles. The first kappa shape index (κ1) is 17.8. The minimum absolute atomic E-state index is 0.119. The maximum atomic E-state index is 13.3. The third kappa shape index (κ3) is 4.76. The van der Waals surface area contributed by atoms with Crippen molar-refractivity contribution in [1.29, 1.82) is 0 Å². The van der Waals surface area contributed by atoms with Crippen molar-refractivity contribution in [3.8, 4) is 0 Å². The Bertz CT molecular complexity index is 619. The van der Waals surface area contributed by atoms with E-state index in [2.05, 4.69) is 4.90 Å². The molecule has 2 aliphatic rings. The number of carbonyl (C=O) groups is 2. The van der Waals surface area contributed by atoms with Gasteiger partial charge in [0.05, 0.1) is 19.8 Å². The molecule has 2 heterocycles. The van der Waals surface area contributed by atoms with Gasteiger partial charge in [0.2, 0.25) is 5.91 Å². The average Bonchev–Trinajstić information content (AvgIpc) is 2.87. The maximum absolute atomic E-state index is 13.3. The van der Waals surface area contributed by atoms with Gasteiger partial charge in [-0.1, -0.05) is 6.07 Å². The van der Waals surface area contributed by atoms with Crippen molar-refractivity contribution in [2.24, 2.45) is 0 Å². The molecule has 0 N–H and O–H groups in total. The standard InChI is InChI=1S/C18H24FN3O3/c19-16-4-1-3-15(13-16)18(24)22-6-2-5-20(7-8-22)14-17(23)21-9-11-25-12-10-21/h1,3-4,13H,2,5-12,14H2. The van der Waals surface area contributed by atoms with Crippen LogP contribution in [0.4, 0.5) is 4.39 Å². The Labute approximate surface area is 147 Å². The second-order valence-electron chi connectivity index (χ2n) is 6.43. The van der Waals surface area contributed by atoms with Crippen LogP contribution in [-0.2, 0) is 9.53 Å². The summed E-state index contributed by atoms with van der Waals surface area (Å²) in [4.78, 5) is 30.6. The number of rotatable bonds is 3. The van der Waals surface area contributed by atoms with E-state index in [1.165, 1.54) is 12.1 Å². The highest BCUT2D eigenvalue weighted by Crippen LogP contribution is 2.11. The first-order valence-corrected chi connectivity index (χ1v) is 8.76. The van der Waals surface area contributed by atoms with Crippen molar-refractivity contribution in [3.63, 3.8) is 0 Å². The highest BCUT2D eigenvalue weighted by atomic mass is 19.1. The summed E-state index contributed by atoms with van der Waals surface area (Å²) in [5.41, 5.74) is 0.373. The molecule has 7 heteroatoms. The molecular weight excluding hydrogens is 325 g/mol. The second-order valence-corrected chi connectivity index (χ2v) is 6.43. The molecule has 1 aromatic rings. The van der Waals surface area contributed by atoms with Gasteiger partial charge < -0.3 is 14.5 Å². The van der Waals surface area contributed by atoms with Crippen LogP contribution in [0, 0.1) is 5.82 Å². The molecule has 2 aliphatic heterocycles. The molecule has 0 unspecified atom stereocenters. The van der Waals surface area contributed by atoms with Crippen LogP contribution in [0.2, 0.25) is 0 Å². The number of halogens is 1. The van der Waals surface area contributed by atoms with Gasteiger partial charge in [-0.15, -0.1) is 0 Å². The zero-order chi connectivity index (χ0) is 17.6. The molecule has 0 aromatic heterocycles. The van der Waals surface area contributed by atoms with Gasteiger partial charge in [-0.05, 0) is 24.6 Å². The van der Waals surface area contributed by atoms with Crippen molar-refractivity contribution in [2.75, 3.05) is 59.0 Å². The van der Waals surface area contributed by atoms with E-state index >= 15 is 0 Å². The maximum Gasteiger partial charge on any atom is 0.254 e. The molecule has 3 rings (SSSR count). The Morgan fingerprint density at radius 2 is 1.80 bits per heavy atom. The van der Waals surface area contributed by atoms with Crippen molar-refractivity contribution in [2.45, 2.75) is 6.42 Å². The van der Waals surface area contributed by atoms with Crippen LogP contribution in [0.15, 0.2) is 24.3 Å². The Kier molecular flexibility index (Phi) is 5.99. The smallest absolute Gasteiger partial charge is 0.254 e. The fourth-order valence-electron chi connectivity index (χ4n) is 3.24. The average molecular weight is 349 g/mol. The first-order valence-electron chi connectivity index (χ1n) is 8.76. The van der Waals surface area contributed by atoms with E-state index in [0.29, 0.717) is 58.0 Å². The molecule has 0 saturated carbocycles. The van der Waals surface area contributed by atoms with Gasteiger partial charge in [0.15, 0.2) is 0 Å². The van der Waals surface area contributed by atoms with Gasteiger partial charge in [0, 0.05) is 44.8 Å². The quantitative estimate of drug-likeness (QED) is 0.811. The fraction of sp³-hybridized carbons (Fsp3) is 0.556. The van der Waals surface area contributed by atoms with Gasteiger partial charge in [-0.3, -0.25) is 14.5 Å². The normalized spacial score (nSPS) is 19.6. The third-order valence-electron chi connectivity index (χ3n) is 4.67. The van der Waals surface area contributed by atoms with E-state index in [9.17, 15) is 14.0 Å². The fourth-order valence-corrected chi connectivity index (χ4v) is 3.24. The van der Waals surface area contributed by atoms with Crippen LogP contribution in [0.25, 0.3) is 0 Å². The van der Waals surface area contributed by atoms with Gasteiger partial charge in [-0.25, -0.2) is 4.39 Å². The van der Waals surface area contributed by atoms with Gasteiger partial charge in [0.1, 0.15) is 5.82 Å². The Hall–Kier alpha value is -1.99. The van der Waals surface area contributed by atoms with Crippen molar-refractivity contribution < 1.29 is 18.7 Å². The Morgan fingerprint density at radius 3 is 2.56 bits per heavy atom. The highest BCUT2D eigenvalue weighted by molar-refractivity contribution is 5.94. The number of morpholine rings is 1. The number of nitrogens with zero attached hydrogens (tertiary/aromatic N) is 3. The van der Waals surface area contributed by atoms with Crippen LogP contribution in [0.3, 0.4) is 0 Å². The largest absolute Gasteiger partial charge is 0.378 e. The number of amides is 2. The summed E-state index contributed by atoms with van der Waals surface area (Å²) in [5.74, 6) is -0.438. The van der Waals surface area contributed by atoms with E-state index in [0.717, 1.165) is 13.0 Å². The van der Waals surface area contributed by atoms with Crippen LogP contribution >= 0.6 is 0 Å². The molecular formula is C18H24FN3O3. The number of hydrogen-bond donors (Lipinski definition) is 0.